The maximum absolute atomic E-state index is 11.4. The van der Waals surface area contributed by atoms with Crippen LogP contribution in [0.25, 0.3) is 0 Å². The van der Waals surface area contributed by atoms with Crippen molar-refractivity contribution in [2.75, 3.05) is 24.5 Å². The molecule has 0 saturated carbocycles. The predicted octanol–water partition coefficient (Wildman–Crippen LogP) is 1.44. The summed E-state index contributed by atoms with van der Waals surface area (Å²) in [6, 6.07) is 7.64. The molecule has 4 heteroatoms. The lowest BCUT2D eigenvalue weighted by molar-refractivity contribution is -0.00522. The van der Waals surface area contributed by atoms with Crippen LogP contribution in [0.15, 0.2) is 24.3 Å². The summed E-state index contributed by atoms with van der Waals surface area (Å²) in [7, 11) is 0. The highest BCUT2D eigenvalue weighted by Gasteiger charge is 2.22. The molecule has 1 aliphatic rings. The SMILES string of the molecule is C[C@@H]1CN(c2ccc(C(=O)CN)cc2)C[C@H](C)O1. The lowest BCUT2D eigenvalue weighted by Crippen LogP contribution is -2.45. The molecule has 0 unspecified atom stereocenters. The first-order valence-electron chi connectivity index (χ1n) is 6.34. The lowest BCUT2D eigenvalue weighted by Gasteiger charge is -2.36. The number of rotatable bonds is 3. The van der Waals surface area contributed by atoms with Gasteiger partial charge in [0, 0.05) is 24.3 Å². The second-order valence-corrected chi connectivity index (χ2v) is 4.84. The largest absolute Gasteiger partial charge is 0.372 e. The first kappa shape index (κ1) is 13.1. The molecule has 0 spiro atoms. The molecule has 18 heavy (non-hydrogen) atoms. The summed E-state index contributed by atoms with van der Waals surface area (Å²) in [5.74, 6) is -0.0229. The first-order chi connectivity index (χ1) is 8.60. The molecule has 1 saturated heterocycles. The average Bonchev–Trinajstić information content (AvgIpc) is 2.37. The molecular formula is C14H20N2O2. The van der Waals surface area contributed by atoms with Gasteiger partial charge in [-0.15, -0.1) is 0 Å². The number of morpholine rings is 1. The summed E-state index contributed by atoms with van der Waals surface area (Å²) in [6.45, 7) is 5.98. The Bertz CT molecular complexity index is 406. The molecule has 1 aromatic carbocycles. The lowest BCUT2D eigenvalue weighted by atomic mass is 10.1. The maximum atomic E-state index is 11.4. The van der Waals surface area contributed by atoms with Crippen molar-refractivity contribution in [2.24, 2.45) is 5.73 Å². The Morgan fingerprint density at radius 3 is 2.33 bits per heavy atom. The molecule has 98 valence electrons. The van der Waals surface area contributed by atoms with Gasteiger partial charge in [-0.25, -0.2) is 0 Å². The minimum atomic E-state index is -0.0229. The van der Waals surface area contributed by atoms with Crippen LogP contribution < -0.4 is 10.6 Å². The number of ether oxygens (including phenoxy) is 1. The van der Waals surface area contributed by atoms with Crippen molar-refractivity contribution in [1.82, 2.24) is 0 Å². The van der Waals surface area contributed by atoms with E-state index in [0.29, 0.717) is 5.56 Å². The molecule has 1 aromatic rings. The highest BCUT2D eigenvalue weighted by atomic mass is 16.5. The maximum Gasteiger partial charge on any atom is 0.176 e. The van der Waals surface area contributed by atoms with E-state index in [1.54, 1.807) is 0 Å². The number of carbonyl (C=O) groups is 1. The molecule has 1 fully saturated rings. The zero-order valence-electron chi connectivity index (χ0n) is 10.9. The third-order valence-electron chi connectivity index (χ3n) is 3.16. The number of hydrogen-bond donors (Lipinski definition) is 1. The molecule has 2 rings (SSSR count). The Morgan fingerprint density at radius 1 is 1.28 bits per heavy atom. The highest BCUT2D eigenvalue weighted by Crippen LogP contribution is 2.20. The van der Waals surface area contributed by atoms with E-state index in [2.05, 4.69) is 18.7 Å². The molecule has 4 nitrogen and oxygen atoms in total. The molecule has 1 aliphatic heterocycles. The van der Waals surface area contributed by atoms with Crippen molar-refractivity contribution < 1.29 is 9.53 Å². The fourth-order valence-electron chi connectivity index (χ4n) is 2.36. The normalized spacial score (nSPS) is 24.1. The van der Waals surface area contributed by atoms with Gasteiger partial charge in [0.25, 0.3) is 0 Å². The third-order valence-corrected chi connectivity index (χ3v) is 3.16. The van der Waals surface area contributed by atoms with Crippen LogP contribution in [-0.2, 0) is 4.74 Å². The number of carbonyl (C=O) groups excluding carboxylic acids is 1. The molecule has 0 aliphatic carbocycles. The summed E-state index contributed by atoms with van der Waals surface area (Å²) < 4.78 is 5.70. The quantitative estimate of drug-likeness (QED) is 0.822. The van der Waals surface area contributed by atoms with Gasteiger partial charge in [-0.05, 0) is 38.1 Å². The molecule has 0 bridgehead atoms. The number of Topliss-reactive ketones (excluding diaryl/α,β-unsaturated/α-hetero) is 1. The monoisotopic (exact) mass is 248 g/mol. The van der Waals surface area contributed by atoms with Crippen LogP contribution in [-0.4, -0.2) is 37.6 Å². The van der Waals surface area contributed by atoms with Gasteiger partial charge in [-0.1, -0.05) is 0 Å². The number of nitrogens with two attached hydrogens (primary N) is 1. The van der Waals surface area contributed by atoms with Gasteiger partial charge in [0.05, 0.1) is 18.8 Å². The van der Waals surface area contributed by atoms with Crippen molar-refractivity contribution in [3.05, 3.63) is 29.8 Å². The van der Waals surface area contributed by atoms with E-state index in [9.17, 15) is 4.79 Å². The molecule has 2 atom stereocenters. The average molecular weight is 248 g/mol. The van der Waals surface area contributed by atoms with Crippen molar-refractivity contribution in [1.29, 1.82) is 0 Å². The van der Waals surface area contributed by atoms with Crippen molar-refractivity contribution in [3.8, 4) is 0 Å². The Balaban J connectivity index is 2.11. The van der Waals surface area contributed by atoms with Gasteiger partial charge in [-0.3, -0.25) is 4.79 Å². The summed E-state index contributed by atoms with van der Waals surface area (Å²) in [5, 5.41) is 0. The zero-order chi connectivity index (χ0) is 13.1. The smallest absolute Gasteiger partial charge is 0.176 e. The molecule has 1 heterocycles. The third kappa shape index (κ3) is 2.89. The molecule has 0 radical (unpaired) electrons. The van der Waals surface area contributed by atoms with E-state index in [0.717, 1.165) is 18.8 Å². The molecular weight excluding hydrogens is 228 g/mol. The van der Waals surface area contributed by atoms with Gasteiger partial charge >= 0.3 is 0 Å². The van der Waals surface area contributed by atoms with Crippen molar-refractivity contribution in [2.45, 2.75) is 26.1 Å². The van der Waals surface area contributed by atoms with Crippen LogP contribution in [0.3, 0.4) is 0 Å². The number of nitrogens with zero attached hydrogens (tertiary/aromatic N) is 1. The number of hydrogen-bond acceptors (Lipinski definition) is 4. The topological polar surface area (TPSA) is 55.6 Å². The number of benzene rings is 1. The van der Waals surface area contributed by atoms with E-state index in [1.165, 1.54) is 0 Å². The van der Waals surface area contributed by atoms with Crippen LogP contribution in [0.5, 0.6) is 0 Å². The Kier molecular flexibility index (Phi) is 3.99. The standard InChI is InChI=1S/C14H20N2O2/c1-10-8-16(9-11(2)18-10)13-5-3-12(4-6-13)14(17)7-15/h3-6,10-11H,7-9,15H2,1-2H3/t10-,11+. The Morgan fingerprint density at radius 2 is 1.83 bits per heavy atom. The minimum absolute atomic E-state index is 0.0229. The van der Waals surface area contributed by atoms with Crippen LogP contribution in [0.1, 0.15) is 24.2 Å². The van der Waals surface area contributed by atoms with Crippen LogP contribution in [0.2, 0.25) is 0 Å². The first-order valence-corrected chi connectivity index (χ1v) is 6.34. The van der Waals surface area contributed by atoms with E-state index >= 15 is 0 Å². The molecule has 0 aromatic heterocycles. The van der Waals surface area contributed by atoms with Gasteiger partial charge in [0.1, 0.15) is 0 Å². The van der Waals surface area contributed by atoms with Crippen LogP contribution in [0.4, 0.5) is 5.69 Å². The summed E-state index contributed by atoms with van der Waals surface area (Å²) in [6.07, 6.45) is 0.471. The predicted molar refractivity (Wildman–Crippen MR) is 72.0 cm³/mol. The van der Waals surface area contributed by atoms with Gasteiger partial charge < -0.3 is 15.4 Å². The van der Waals surface area contributed by atoms with Gasteiger partial charge in [0.2, 0.25) is 0 Å². The fraction of sp³-hybridized carbons (Fsp3) is 0.500. The van der Waals surface area contributed by atoms with Crippen molar-refractivity contribution >= 4 is 11.5 Å². The summed E-state index contributed by atoms with van der Waals surface area (Å²) >= 11 is 0. The Hall–Kier alpha value is -1.39. The van der Waals surface area contributed by atoms with Gasteiger partial charge in [-0.2, -0.15) is 0 Å². The van der Waals surface area contributed by atoms with E-state index in [4.69, 9.17) is 10.5 Å². The van der Waals surface area contributed by atoms with E-state index in [1.807, 2.05) is 24.3 Å². The summed E-state index contributed by atoms with van der Waals surface area (Å²) in [5.41, 5.74) is 7.15. The summed E-state index contributed by atoms with van der Waals surface area (Å²) in [4.78, 5) is 13.7. The zero-order valence-corrected chi connectivity index (χ0v) is 10.9. The van der Waals surface area contributed by atoms with E-state index < -0.39 is 0 Å². The van der Waals surface area contributed by atoms with Crippen molar-refractivity contribution in [3.63, 3.8) is 0 Å². The minimum Gasteiger partial charge on any atom is -0.372 e. The van der Waals surface area contributed by atoms with Crippen LogP contribution in [0, 0.1) is 0 Å². The molecule has 0 amide bonds. The molecule has 2 N–H and O–H groups in total. The number of ketones is 1. The second-order valence-electron chi connectivity index (χ2n) is 4.84. The Labute approximate surface area is 108 Å². The van der Waals surface area contributed by atoms with E-state index in [-0.39, 0.29) is 24.5 Å². The highest BCUT2D eigenvalue weighted by molar-refractivity contribution is 5.97. The second kappa shape index (κ2) is 5.50. The fourth-order valence-corrected chi connectivity index (χ4v) is 2.36. The van der Waals surface area contributed by atoms with Crippen LogP contribution >= 0.6 is 0 Å². The van der Waals surface area contributed by atoms with Gasteiger partial charge in [0.15, 0.2) is 5.78 Å². The number of anilines is 1.